The molecular formula is C21H19BrFN3O2. The highest BCUT2D eigenvalue weighted by atomic mass is 79.9. The van der Waals surface area contributed by atoms with Gasteiger partial charge in [-0.25, -0.2) is 9.37 Å². The smallest absolute Gasteiger partial charge is 0.254 e. The largest absolute Gasteiger partial charge is 0.324 e. The fourth-order valence-corrected chi connectivity index (χ4v) is 3.38. The second-order valence-electron chi connectivity index (χ2n) is 6.39. The van der Waals surface area contributed by atoms with Crippen molar-refractivity contribution in [3.05, 3.63) is 80.4 Å². The zero-order valence-corrected chi connectivity index (χ0v) is 17.1. The van der Waals surface area contributed by atoms with E-state index in [0.717, 1.165) is 10.0 Å². The molecule has 0 fully saturated rings. The summed E-state index contributed by atoms with van der Waals surface area (Å²) < 4.78 is 15.7. The number of nitrogens with zero attached hydrogens (tertiary/aromatic N) is 2. The molecule has 144 valence electrons. The molecule has 0 aliphatic carbocycles. The minimum Gasteiger partial charge on any atom is -0.324 e. The van der Waals surface area contributed by atoms with Gasteiger partial charge in [-0.15, -0.1) is 0 Å². The summed E-state index contributed by atoms with van der Waals surface area (Å²) in [6, 6.07) is 12.8. The number of aryl methyl sites for hydroxylation is 2. The van der Waals surface area contributed by atoms with Gasteiger partial charge in [0.2, 0.25) is 5.91 Å². The van der Waals surface area contributed by atoms with Gasteiger partial charge in [0.1, 0.15) is 18.2 Å². The van der Waals surface area contributed by atoms with Gasteiger partial charge in [0.25, 0.3) is 5.56 Å². The van der Waals surface area contributed by atoms with E-state index in [9.17, 15) is 14.0 Å². The van der Waals surface area contributed by atoms with Gasteiger partial charge in [-0.2, -0.15) is 0 Å². The van der Waals surface area contributed by atoms with Crippen LogP contribution in [0.2, 0.25) is 0 Å². The zero-order chi connectivity index (χ0) is 20.3. The Hall–Kier alpha value is -2.80. The lowest BCUT2D eigenvalue weighted by Crippen LogP contribution is -2.30. The van der Waals surface area contributed by atoms with Gasteiger partial charge in [-0.3, -0.25) is 14.2 Å². The quantitative estimate of drug-likeness (QED) is 0.638. The maximum atomic E-state index is 13.7. The number of anilines is 1. The molecule has 1 N–H and O–H groups in total. The van der Waals surface area contributed by atoms with Crippen LogP contribution in [0.3, 0.4) is 0 Å². The van der Waals surface area contributed by atoms with Crippen molar-refractivity contribution in [1.82, 2.24) is 9.55 Å². The summed E-state index contributed by atoms with van der Waals surface area (Å²) in [7, 11) is 0. The molecular weight excluding hydrogens is 425 g/mol. The lowest BCUT2D eigenvalue weighted by atomic mass is 10.2. The number of aromatic nitrogens is 2. The van der Waals surface area contributed by atoms with Gasteiger partial charge in [-0.1, -0.05) is 25.1 Å². The van der Waals surface area contributed by atoms with E-state index in [4.69, 9.17) is 0 Å². The Bertz CT molecular complexity index is 1100. The first-order valence-corrected chi connectivity index (χ1v) is 9.59. The number of nitrogens with one attached hydrogen (secondary N) is 1. The van der Waals surface area contributed by atoms with Crippen molar-refractivity contribution in [1.29, 1.82) is 0 Å². The Morgan fingerprint density at radius 3 is 2.68 bits per heavy atom. The number of hydrogen-bond acceptors (Lipinski definition) is 3. The molecule has 0 spiro atoms. The summed E-state index contributed by atoms with van der Waals surface area (Å²) in [6.45, 7) is 3.59. The van der Waals surface area contributed by atoms with Crippen molar-refractivity contribution in [3.63, 3.8) is 0 Å². The average Bonchev–Trinajstić information content (AvgIpc) is 2.65. The van der Waals surface area contributed by atoms with Crippen molar-refractivity contribution < 1.29 is 9.18 Å². The molecule has 0 radical (unpaired) electrons. The fraction of sp³-hybridized carbons (Fsp3) is 0.190. The third-order valence-corrected chi connectivity index (χ3v) is 4.86. The maximum absolute atomic E-state index is 13.7. The van der Waals surface area contributed by atoms with Crippen LogP contribution in [0, 0.1) is 12.7 Å². The van der Waals surface area contributed by atoms with Crippen molar-refractivity contribution >= 4 is 27.5 Å². The molecule has 7 heteroatoms. The Morgan fingerprint density at radius 1 is 1.21 bits per heavy atom. The van der Waals surface area contributed by atoms with Gasteiger partial charge in [-0.05, 0) is 59.1 Å². The van der Waals surface area contributed by atoms with Crippen LogP contribution in [0.4, 0.5) is 10.1 Å². The molecule has 0 aliphatic heterocycles. The lowest BCUT2D eigenvalue weighted by molar-refractivity contribution is -0.116. The predicted molar refractivity (Wildman–Crippen MR) is 111 cm³/mol. The monoisotopic (exact) mass is 443 g/mol. The highest BCUT2D eigenvalue weighted by Crippen LogP contribution is 2.23. The molecule has 0 atom stereocenters. The number of hydrogen-bond donors (Lipinski definition) is 1. The molecule has 0 saturated heterocycles. The minimum atomic E-state index is -0.437. The molecule has 3 rings (SSSR count). The third-order valence-electron chi connectivity index (χ3n) is 4.21. The van der Waals surface area contributed by atoms with Crippen molar-refractivity contribution in [2.75, 3.05) is 5.32 Å². The number of carbonyl (C=O) groups is 1. The van der Waals surface area contributed by atoms with Gasteiger partial charge >= 0.3 is 0 Å². The van der Waals surface area contributed by atoms with E-state index >= 15 is 0 Å². The van der Waals surface area contributed by atoms with E-state index in [2.05, 4.69) is 26.2 Å². The van der Waals surface area contributed by atoms with E-state index in [0.29, 0.717) is 23.4 Å². The second kappa shape index (κ2) is 8.48. The number of rotatable bonds is 5. The molecule has 2 aromatic carbocycles. The van der Waals surface area contributed by atoms with Crippen LogP contribution >= 0.6 is 15.9 Å². The topological polar surface area (TPSA) is 64.0 Å². The van der Waals surface area contributed by atoms with E-state index in [1.807, 2.05) is 26.0 Å². The summed E-state index contributed by atoms with van der Waals surface area (Å²) in [6.07, 6.45) is 0.556. The number of benzene rings is 2. The Labute approximate surface area is 170 Å². The minimum absolute atomic E-state index is 0.234. The summed E-state index contributed by atoms with van der Waals surface area (Å²) in [5, 5.41) is 2.78. The number of carbonyl (C=O) groups excluding carboxylic acids is 1. The first kappa shape index (κ1) is 19.9. The molecule has 5 nitrogen and oxygen atoms in total. The normalized spacial score (nSPS) is 10.7. The summed E-state index contributed by atoms with van der Waals surface area (Å²) in [4.78, 5) is 29.7. The van der Waals surface area contributed by atoms with Crippen LogP contribution in [0.15, 0.2) is 57.8 Å². The molecule has 28 heavy (non-hydrogen) atoms. The van der Waals surface area contributed by atoms with E-state index in [1.54, 1.807) is 18.2 Å². The van der Waals surface area contributed by atoms with E-state index in [1.165, 1.54) is 22.8 Å². The van der Waals surface area contributed by atoms with Crippen LogP contribution in [0.25, 0.3) is 11.4 Å². The van der Waals surface area contributed by atoms with Crippen LogP contribution in [0.1, 0.15) is 18.2 Å². The van der Waals surface area contributed by atoms with Crippen molar-refractivity contribution in [2.24, 2.45) is 0 Å². The van der Waals surface area contributed by atoms with E-state index < -0.39 is 5.82 Å². The predicted octanol–water partition coefficient (Wildman–Crippen LogP) is 4.32. The number of halogens is 2. The standard InChI is InChI=1S/C21H19BrFN3O2/c1-3-16-11-20(28)26(21(24-16)14-5-4-6-15(23)10-14)12-19(27)25-18-8-7-13(2)9-17(18)22/h4-11H,3,12H2,1-2H3,(H,25,27). The average molecular weight is 444 g/mol. The molecule has 1 heterocycles. The summed E-state index contributed by atoms with van der Waals surface area (Å²) in [5.74, 6) is -0.550. The SMILES string of the molecule is CCc1cc(=O)n(CC(=O)Nc2ccc(C)cc2Br)c(-c2cccc(F)c2)n1. The Morgan fingerprint density at radius 2 is 2.00 bits per heavy atom. The molecule has 0 saturated carbocycles. The third kappa shape index (κ3) is 4.54. The zero-order valence-electron chi connectivity index (χ0n) is 15.5. The van der Waals surface area contributed by atoms with E-state index in [-0.39, 0.29) is 23.8 Å². The van der Waals surface area contributed by atoms with Crippen LogP contribution in [-0.4, -0.2) is 15.5 Å². The highest BCUT2D eigenvalue weighted by molar-refractivity contribution is 9.10. The Kier molecular flexibility index (Phi) is 6.04. The first-order chi connectivity index (χ1) is 13.4. The van der Waals surface area contributed by atoms with Crippen molar-refractivity contribution in [2.45, 2.75) is 26.8 Å². The van der Waals surface area contributed by atoms with Crippen molar-refractivity contribution in [3.8, 4) is 11.4 Å². The molecule has 1 amide bonds. The Balaban J connectivity index is 1.96. The maximum Gasteiger partial charge on any atom is 0.254 e. The van der Waals surface area contributed by atoms with Crippen LogP contribution in [0.5, 0.6) is 0 Å². The lowest BCUT2D eigenvalue weighted by Gasteiger charge is -2.14. The van der Waals surface area contributed by atoms with Gasteiger partial charge in [0, 0.05) is 21.8 Å². The molecule has 0 aliphatic rings. The number of amides is 1. The summed E-state index contributed by atoms with van der Waals surface area (Å²) >= 11 is 3.42. The summed E-state index contributed by atoms with van der Waals surface area (Å²) in [5.41, 5.74) is 2.33. The van der Waals surface area contributed by atoms with Gasteiger partial charge < -0.3 is 5.32 Å². The van der Waals surface area contributed by atoms with Gasteiger partial charge in [0.15, 0.2) is 0 Å². The highest BCUT2D eigenvalue weighted by Gasteiger charge is 2.15. The van der Waals surface area contributed by atoms with Crippen LogP contribution < -0.4 is 10.9 Å². The molecule has 1 aromatic heterocycles. The molecule has 3 aromatic rings. The fourth-order valence-electron chi connectivity index (χ4n) is 2.79. The molecule has 0 bridgehead atoms. The second-order valence-corrected chi connectivity index (χ2v) is 7.25. The van der Waals surface area contributed by atoms with Crippen LogP contribution in [-0.2, 0) is 17.8 Å². The first-order valence-electron chi connectivity index (χ1n) is 8.80. The molecule has 0 unspecified atom stereocenters. The van der Waals surface area contributed by atoms with Gasteiger partial charge in [0.05, 0.1) is 5.69 Å².